The Hall–Kier alpha value is -3.66. The van der Waals surface area contributed by atoms with E-state index in [4.69, 9.17) is 10.00 Å². The third-order valence-electron chi connectivity index (χ3n) is 4.36. The summed E-state index contributed by atoms with van der Waals surface area (Å²) in [5.74, 6) is -1.21. The maximum absolute atomic E-state index is 12.2. The zero-order valence-electron chi connectivity index (χ0n) is 16.4. The smallest absolute Gasteiger partial charge is 0.338 e. The predicted octanol–water partition coefficient (Wildman–Crippen LogP) is 3.85. The van der Waals surface area contributed by atoms with Gasteiger partial charge in [0, 0.05) is 11.4 Å². The lowest BCUT2D eigenvalue weighted by molar-refractivity contribution is -0.119. The zero-order chi connectivity index (χ0) is 21.2. The van der Waals surface area contributed by atoms with Gasteiger partial charge in [-0.2, -0.15) is 5.26 Å². The van der Waals surface area contributed by atoms with Crippen LogP contribution in [0.1, 0.15) is 48.5 Å². The Morgan fingerprint density at radius 2 is 1.72 bits per heavy atom. The summed E-state index contributed by atoms with van der Waals surface area (Å²) in [7, 11) is 0. The van der Waals surface area contributed by atoms with Crippen LogP contribution in [0.5, 0.6) is 0 Å². The highest BCUT2D eigenvalue weighted by atomic mass is 16.5. The van der Waals surface area contributed by atoms with Crippen LogP contribution in [0.2, 0.25) is 0 Å². The molecule has 7 heteroatoms. The summed E-state index contributed by atoms with van der Waals surface area (Å²) >= 11 is 0. The number of para-hydroxylation sites is 1. The van der Waals surface area contributed by atoms with Gasteiger partial charge in [-0.1, -0.05) is 32.0 Å². The number of ether oxygens (including phenoxy) is 1. The highest BCUT2D eigenvalue weighted by molar-refractivity contribution is 5.96. The fourth-order valence-electron chi connectivity index (χ4n) is 2.63. The first kappa shape index (κ1) is 21.6. The van der Waals surface area contributed by atoms with Crippen molar-refractivity contribution in [3.05, 3.63) is 59.7 Å². The van der Waals surface area contributed by atoms with Gasteiger partial charge in [0.2, 0.25) is 5.91 Å². The number of esters is 1. The maximum atomic E-state index is 12.2. The molecule has 0 aliphatic carbocycles. The molecule has 0 fully saturated rings. The maximum Gasteiger partial charge on any atom is 0.338 e. The number of carbonyl (C=O) groups excluding carboxylic acids is 3. The van der Waals surface area contributed by atoms with Crippen molar-refractivity contribution in [2.24, 2.45) is 0 Å². The summed E-state index contributed by atoms with van der Waals surface area (Å²) in [6.45, 7) is 3.75. The number of anilines is 2. The monoisotopic (exact) mass is 393 g/mol. The number of carbonyl (C=O) groups is 3. The molecule has 0 aromatic heterocycles. The van der Waals surface area contributed by atoms with E-state index in [-0.39, 0.29) is 12.0 Å². The molecule has 0 saturated carbocycles. The van der Waals surface area contributed by atoms with E-state index in [0.717, 1.165) is 12.0 Å². The van der Waals surface area contributed by atoms with E-state index in [1.807, 2.05) is 24.3 Å². The summed E-state index contributed by atoms with van der Waals surface area (Å²) in [6, 6.07) is 15.3. The van der Waals surface area contributed by atoms with Crippen LogP contribution in [0.4, 0.5) is 11.4 Å². The van der Waals surface area contributed by atoms with Gasteiger partial charge < -0.3 is 15.4 Å². The van der Waals surface area contributed by atoms with Crippen LogP contribution in [0.3, 0.4) is 0 Å². The van der Waals surface area contributed by atoms with Crippen molar-refractivity contribution in [1.29, 1.82) is 5.26 Å². The summed E-state index contributed by atoms with van der Waals surface area (Å²) in [5, 5.41) is 13.8. The van der Waals surface area contributed by atoms with Crippen LogP contribution in [-0.4, -0.2) is 24.4 Å². The second-order valence-electron chi connectivity index (χ2n) is 6.48. The minimum atomic E-state index is -0.648. The second-order valence-corrected chi connectivity index (χ2v) is 6.48. The van der Waals surface area contributed by atoms with E-state index in [1.165, 1.54) is 24.3 Å². The molecule has 2 amide bonds. The van der Waals surface area contributed by atoms with E-state index in [1.54, 1.807) is 6.07 Å². The Balaban J connectivity index is 1.90. The molecule has 7 nitrogen and oxygen atoms in total. The largest absolute Gasteiger partial charge is 0.452 e. The summed E-state index contributed by atoms with van der Waals surface area (Å²) in [6.07, 6.45) is 0.688. The molecule has 0 saturated heterocycles. The fraction of sp³-hybridized carbons (Fsp3) is 0.273. The number of nitriles is 1. The average molecular weight is 393 g/mol. The lowest BCUT2D eigenvalue weighted by atomic mass is 9.97. The first-order chi connectivity index (χ1) is 13.9. The Morgan fingerprint density at radius 1 is 1.03 bits per heavy atom. The van der Waals surface area contributed by atoms with Gasteiger partial charge in [-0.05, 0) is 48.2 Å². The van der Waals surface area contributed by atoms with Crippen LogP contribution in [0, 0.1) is 11.3 Å². The third-order valence-corrected chi connectivity index (χ3v) is 4.36. The molecule has 2 aromatic carbocycles. The van der Waals surface area contributed by atoms with E-state index in [2.05, 4.69) is 24.5 Å². The Labute approximate surface area is 169 Å². The normalized spacial score (nSPS) is 11.1. The lowest BCUT2D eigenvalue weighted by Gasteiger charge is -2.15. The molecule has 0 radical (unpaired) electrons. The van der Waals surface area contributed by atoms with Crippen LogP contribution in [0.25, 0.3) is 0 Å². The van der Waals surface area contributed by atoms with Crippen LogP contribution >= 0.6 is 0 Å². The first-order valence-corrected chi connectivity index (χ1v) is 9.27. The van der Waals surface area contributed by atoms with Crippen molar-refractivity contribution in [2.75, 3.05) is 17.2 Å². The van der Waals surface area contributed by atoms with E-state index in [0.29, 0.717) is 17.3 Å². The van der Waals surface area contributed by atoms with Crippen molar-refractivity contribution in [1.82, 2.24) is 0 Å². The van der Waals surface area contributed by atoms with Crippen molar-refractivity contribution in [2.45, 2.75) is 32.6 Å². The highest BCUT2D eigenvalue weighted by Crippen LogP contribution is 2.26. The minimum absolute atomic E-state index is 0.246. The molecule has 2 N–H and O–H groups in total. The molecule has 0 heterocycles. The SMILES string of the molecule is CC[C@H](C)c1ccccc1NC(=O)COC(=O)c1ccc(NC(=O)CC#N)cc1. The average Bonchev–Trinajstić information content (AvgIpc) is 2.72. The molecule has 1 atom stereocenters. The van der Waals surface area contributed by atoms with Crippen LogP contribution in [0.15, 0.2) is 48.5 Å². The summed E-state index contributed by atoms with van der Waals surface area (Å²) in [4.78, 5) is 35.7. The molecule has 150 valence electrons. The molecule has 0 aliphatic heterocycles. The molecular formula is C22H23N3O4. The minimum Gasteiger partial charge on any atom is -0.452 e. The molecular weight excluding hydrogens is 370 g/mol. The molecule has 0 aliphatic rings. The van der Waals surface area contributed by atoms with Gasteiger partial charge >= 0.3 is 5.97 Å². The van der Waals surface area contributed by atoms with Gasteiger partial charge in [0.05, 0.1) is 11.6 Å². The van der Waals surface area contributed by atoms with Crippen molar-refractivity contribution < 1.29 is 19.1 Å². The quantitative estimate of drug-likeness (QED) is 0.662. The topological polar surface area (TPSA) is 108 Å². The molecule has 0 bridgehead atoms. The third kappa shape index (κ3) is 6.47. The predicted molar refractivity (Wildman–Crippen MR) is 109 cm³/mol. The lowest BCUT2D eigenvalue weighted by Crippen LogP contribution is -2.21. The van der Waals surface area contributed by atoms with Gasteiger partial charge in [-0.3, -0.25) is 9.59 Å². The zero-order valence-corrected chi connectivity index (χ0v) is 16.4. The highest BCUT2D eigenvalue weighted by Gasteiger charge is 2.14. The number of amides is 2. The summed E-state index contributed by atoms with van der Waals surface area (Å²) < 4.78 is 5.07. The van der Waals surface area contributed by atoms with Gasteiger partial charge in [0.15, 0.2) is 6.61 Å². The Morgan fingerprint density at radius 3 is 2.38 bits per heavy atom. The van der Waals surface area contributed by atoms with Crippen LogP contribution in [-0.2, 0) is 14.3 Å². The number of nitrogens with zero attached hydrogens (tertiary/aromatic N) is 1. The molecule has 2 rings (SSSR count). The van der Waals surface area contributed by atoms with Gasteiger partial charge in [0.1, 0.15) is 6.42 Å². The summed E-state index contributed by atoms with van der Waals surface area (Å²) in [5.41, 5.74) is 2.45. The number of nitrogens with one attached hydrogen (secondary N) is 2. The van der Waals surface area contributed by atoms with Crippen molar-refractivity contribution >= 4 is 29.2 Å². The standard InChI is InChI=1S/C22H23N3O4/c1-3-15(2)18-6-4-5-7-19(18)25-21(27)14-29-22(28)16-8-10-17(11-9-16)24-20(26)12-13-23/h4-11,15H,3,12,14H2,1-2H3,(H,24,26)(H,25,27)/t15-/m0/s1. The van der Waals surface area contributed by atoms with Crippen LogP contribution < -0.4 is 10.6 Å². The number of hydrogen-bond acceptors (Lipinski definition) is 5. The second kappa shape index (κ2) is 10.6. The van der Waals surface area contributed by atoms with Gasteiger partial charge in [0.25, 0.3) is 5.91 Å². The number of hydrogen-bond donors (Lipinski definition) is 2. The fourth-order valence-corrected chi connectivity index (χ4v) is 2.63. The van der Waals surface area contributed by atoms with E-state index < -0.39 is 24.4 Å². The molecule has 29 heavy (non-hydrogen) atoms. The number of benzene rings is 2. The number of rotatable bonds is 8. The van der Waals surface area contributed by atoms with E-state index >= 15 is 0 Å². The Kier molecular flexibility index (Phi) is 7.92. The van der Waals surface area contributed by atoms with Crippen molar-refractivity contribution in [3.8, 4) is 6.07 Å². The van der Waals surface area contributed by atoms with E-state index in [9.17, 15) is 14.4 Å². The van der Waals surface area contributed by atoms with Crippen molar-refractivity contribution in [3.63, 3.8) is 0 Å². The Bertz CT molecular complexity index is 916. The molecule has 0 unspecified atom stereocenters. The molecule has 2 aromatic rings. The van der Waals surface area contributed by atoms with Gasteiger partial charge in [-0.25, -0.2) is 4.79 Å². The van der Waals surface area contributed by atoms with Gasteiger partial charge in [-0.15, -0.1) is 0 Å². The first-order valence-electron chi connectivity index (χ1n) is 9.27. The molecule has 0 spiro atoms.